The molecule has 0 bridgehead atoms. The predicted octanol–water partition coefficient (Wildman–Crippen LogP) is 3.12. The summed E-state index contributed by atoms with van der Waals surface area (Å²) in [6.45, 7) is 6.03. The molecule has 0 aliphatic heterocycles. The lowest BCUT2D eigenvalue weighted by Crippen LogP contribution is -2.21. The second-order valence-electron chi connectivity index (χ2n) is 3.33. The SMILES string of the molecule is C=CC(CCCCCCC)NC. The van der Waals surface area contributed by atoms with Gasteiger partial charge in [-0.05, 0) is 13.5 Å². The third-order valence-corrected chi connectivity index (χ3v) is 2.27. The fourth-order valence-electron chi connectivity index (χ4n) is 1.35. The van der Waals surface area contributed by atoms with Crippen LogP contribution in [0, 0.1) is 0 Å². The zero-order valence-electron chi connectivity index (χ0n) is 8.60. The molecule has 0 aromatic heterocycles. The van der Waals surface area contributed by atoms with E-state index in [1.54, 1.807) is 0 Å². The average molecular weight is 169 g/mol. The van der Waals surface area contributed by atoms with Crippen molar-refractivity contribution in [2.75, 3.05) is 7.05 Å². The maximum Gasteiger partial charge on any atom is 0.0244 e. The van der Waals surface area contributed by atoms with Crippen LogP contribution in [0.1, 0.15) is 45.4 Å². The summed E-state index contributed by atoms with van der Waals surface area (Å²) in [6, 6.07) is 0.520. The van der Waals surface area contributed by atoms with Crippen molar-refractivity contribution >= 4 is 0 Å². The molecule has 1 nitrogen and oxygen atoms in total. The van der Waals surface area contributed by atoms with Crippen molar-refractivity contribution in [1.29, 1.82) is 0 Å². The van der Waals surface area contributed by atoms with Crippen LogP contribution in [0.2, 0.25) is 0 Å². The fourth-order valence-corrected chi connectivity index (χ4v) is 1.35. The topological polar surface area (TPSA) is 12.0 Å². The van der Waals surface area contributed by atoms with Crippen LogP contribution in [0.4, 0.5) is 0 Å². The molecule has 0 heterocycles. The van der Waals surface area contributed by atoms with Crippen molar-refractivity contribution < 1.29 is 0 Å². The molecule has 0 fully saturated rings. The van der Waals surface area contributed by atoms with Crippen LogP contribution in [0.25, 0.3) is 0 Å². The zero-order valence-corrected chi connectivity index (χ0v) is 8.60. The Kier molecular flexibility index (Phi) is 8.57. The van der Waals surface area contributed by atoms with E-state index in [1.165, 1.54) is 38.5 Å². The van der Waals surface area contributed by atoms with Crippen molar-refractivity contribution in [1.82, 2.24) is 5.32 Å². The molecule has 0 rings (SSSR count). The minimum Gasteiger partial charge on any atom is -0.314 e. The van der Waals surface area contributed by atoms with E-state index < -0.39 is 0 Å². The Morgan fingerprint density at radius 3 is 2.42 bits per heavy atom. The Morgan fingerprint density at radius 2 is 1.92 bits per heavy atom. The number of likely N-dealkylation sites (N-methyl/N-ethyl adjacent to an activating group) is 1. The Hall–Kier alpha value is -0.300. The predicted molar refractivity (Wildman–Crippen MR) is 56.4 cm³/mol. The summed E-state index contributed by atoms with van der Waals surface area (Å²) in [6.07, 6.45) is 10.1. The van der Waals surface area contributed by atoms with Crippen molar-refractivity contribution in [3.8, 4) is 0 Å². The third kappa shape index (κ3) is 6.41. The average Bonchev–Trinajstić information content (AvgIpc) is 2.11. The molecule has 0 spiro atoms. The summed E-state index contributed by atoms with van der Waals surface area (Å²) in [5, 5.41) is 3.22. The monoisotopic (exact) mass is 169 g/mol. The molecule has 0 aliphatic rings. The maximum atomic E-state index is 3.78. The molecule has 0 aromatic carbocycles. The van der Waals surface area contributed by atoms with E-state index in [0.29, 0.717) is 6.04 Å². The first-order chi connectivity index (χ1) is 5.85. The Morgan fingerprint density at radius 1 is 1.25 bits per heavy atom. The van der Waals surface area contributed by atoms with Gasteiger partial charge in [0.15, 0.2) is 0 Å². The van der Waals surface area contributed by atoms with Crippen LogP contribution < -0.4 is 5.32 Å². The first-order valence-corrected chi connectivity index (χ1v) is 5.15. The summed E-state index contributed by atoms with van der Waals surface area (Å²) in [7, 11) is 2.00. The fraction of sp³-hybridized carbons (Fsp3) is 0.818. The van der Waals surface area contributed by atoms with Gasteiger partial charge in [0.2, 0.25) is 0 Å². The summed E-state index contributed by atoms with van der Waals surface area (Å²) in [4.78, 5) is 0. The number of hydrogen-bond acceptors (Lipinski definition) is 1. The molecule has 0 saturated carbocycles. The molecular weight excluding hydrogens is 146 g/mol. The van der Waals surface area contributed by atoms with E-state index in [-0.39, 0.29) is 0 Å². The van der Waals surface area contributed by atoms with Crippen LogP contribution in [0.5, 0.6) is 0 Å². The van der Waals surface area contributed by atoms with Crippen molar-refractivity contribution in [3.63, 3.8) is 0 Å². The van der Waals surface area contributed by atoms with E-state index in [1.807, 2.05) is 13.1 Å². The minimum atomic E-state index is 0.520. The van der Waals surface area contributed by atoms with Gasteiger partial charge in [-0.3, -0.25) is 0 Å². The molecule has 72 valence electrons. The Bertz CT molecular complexity index is 99.2. The molecule has 0 saturated heterocycles. The van der Waals surface area contributed by atoms with E-state index in [2.05, 4.69) is 18.8 Å². The van der Waals surface area contributed by atoms with Gasteiger partial charge in [-0.2, -0.15) is 0 Å². The quantitative estimate of drug-likeness (QED) is 0.435. The van der Waals surface area contributed by atoms with E-state index in [0.717, 1.165) is 0 Å². The standard InChI is InChI=1S/C11H23N/c1-4-6-7-8-9-10-11(5-2)12-3/h5,11-12H,2,4,6-10H2,1,3H3. The van der Waals surface area contributed by atoms with Crippen LogP contribution in [-0.4, -0.2) is 13.1 Å². The smallest absolute Gasteiger partial charge is 0.0244 e. The number of unbranched alkanes of at least 4 members (excludes halogenated alkanes) is 4. The lowest BCUT2D eigenvalue weighted by atomic mass is 10.1. The van der Waals surface area contributed by atoms with Gasteiger partial charge in [0.25, 0.3) is 0 Å². The lowest BCUT2D eigenvalue weighted by molar-refractivity contribution is 0.543. The van der Waals surface area contributed by atoms with Crippen LogP contribution in [-0.2, 0) is 0 Å². The molecule has 1 unspecified atom stereocenters. The lowest BCUT2D eigenvalue weighted by Gasteiger charge is -2.09. The zero-order chi connectivity index (χ0) is 9.23. The largest absolute Gasteiger partial charge is 0.314 e. The van der Waals surface area contributed by atoms with E-state index >= 15 is 0 Å². The molecule has 0 aromatic rings. The van der Waals surface area contributed by atoms with Gasteiger partial charge in [-0.15, -0.1) is 6.58 Å². The molecule has 0 aliphatic carbocycles. The van der Waals surface area contributed by atoms with Crippen molar-refractivity contribution in [3.05, 3.63) is 12.7 Å². The van der Waals surface area contributed by atoms with Crippen LogP contribution in [0.15, 0.2) is 12.7 Å². The molecule has 1 heteroatoms. The molecule has 0 amide bonds. The second-order valence-corrected chi connectivity index (χ2v) is 3.33. The maximum absolute atomic E-state index is 3.78. The molecular formula is C11H23N. The second kappa shape index (κ2) is 8.79. The normalized spacial score (nSPS) is 12.8. The highest BCUT2D eigenvalue weighted by Gasteiger charge is 1.98. The summed E-state index contributed by atoms with van der Waals surface area (Å²) in [5.41, 5.74) is 0. The Labute approximate surface area is 77.2 Å². The first-order valence-electron chi connectivity index (χ1n) is 5.15. The molecule has 1 N–H and O–H groups in total. The number of hydrogen-bond donors (Lipinski definition) is 1. The van der Waals surface area contributed by atoms with Gasteiger partial charge >= 0.3 is 0 Å². The number of nitrogens with one attached hydrogen (secondary N) is 1. The molecule has 12 heavy (non-hydrogen) atoms. The van der Waals surface area contributed by atoms with Crippen LogP contribution in [0.3, 0.4) is 0 Å². The Balaban J connectivity index is 3.12. The van der Waals surface area contributed by atoms with Crippen LogP contribution >= 0.6 is 0 Å². The van der Waals surface area contributed by atoms with Gasteiger partial charge < -0.3 is 5.32 Å². The van der Waals surface area contributed by atoms with Gasteiger partial charge in [0.1, 0.15) is 0 Å². The van der Waals surface area contributed by atoms with Gasteiger partial charge in [-0.25, -0.2) is 0 Å². The summed E-state index contributed by atoms with van der Waals surface area (Å²) in [5.74, 6) is 0. The highest BCUT2D eigenvalue weighted by molar-refractivity contribution is 4.83. The van der Waals surface area contributed by atoms with Gasteiger partial charge in [0, 0.05) is 6.04 Å². The highest BCUT2D eigenvalue weighted by Crippen LogP contribution is 2.07. The minimum absolute atomic E-state index is 0.520. The third-order valence-electron chi connectivity index (χ3n) is 2.27. The summed E-state index contributed by atoms with van der Waals surface area (Å²) < 4.78 is 0. The highest BCUT2D eigenvalue weighted by atomic mass is 14.8. The number of rotatable bonds is 8. The van der Waals surface area contributed by atoms with Gasteiger partial charge in [0.05, 0.1) is 0 Å². The molecule has 1 atom stereocenters. The van der Waals surface area contributed by atoms with E-state index in [4.69, 9.17) is 0 Å². The van der Waals surface area contributed by atoms with Crippen molar-refractivity contribution in [2.24, 2.45) is 0 Å². The van der Waals surface area contributed by atoms with E-state index in [9.17, 15) is 0 Å². The summed E-state index contributed by atoms with van der Waals surface area (Å²) >= 11 is 0. The van der Waals surface area contributed by atoms with Gasteiger partial charge in [-0.1, -0.05) is 45.1 Å². The molecule has 0 radical (unpaired) electrons. The van der Waals surface area contributed by atoms with Crippen molar-refractivity contribution in [2.45, 2.75) is 51.5 Å². The first kappa shape index (κ1) is 11.7.